The van der Waals surface area contributed by atoms with Gasteiger partial charge in [0.15, 0.2) is 8.32 Å². The molecule has 1 N–H and O–H groups in total. The quantitative estimate of drug-likeness (QED) is 0.505. The van der Waals surface area contributed by atoms with Gasteiger partial charge >= 0.3 is 12.1 Å². The average molecular weight is 390 g/mol. The Morgan fingerprint density at radius 1 is 1.04 bits per heavy atom. The Balaban J connectivity index is 4.66. The molecule has 0 rings (SSSR count). The molecule has 0 radical (unpaired) electrons. The molecule has 0 aliphatic carbocycles. The van der Waals surface area contributed by atoms with Crippen molar-refractivity contribution in [3.8, 4) is 0 Å². The molecule has 0 bridgehead atoms. The zero-order valence-corrected chi connectivity index (χ0v) is 18.6. The van der Waals surface area contributed by atoms with Gasteiger partial charge in [0.1, 0.15) is 17.4 Å². The van der Waals surface area contributed by atoms with Crippen molar-refractivity contribution in [1.29, 1.82) is 0 Å². The van der Waals surface area contributed by atoms with Crippen LogP contribution in [-0.4, -0.2) is 51.5 Å². The fourth-order valence-electron chi connectivity index (χ4n) is 1.75. The fourth-order valence-corrected chi connectivity index (χ4v) is 2.80. The molecule has 0 unspecified atom stereocenters. The highest BCUT2D eigenvalue weighted by atomic mass is 28.4. The van der Waals surface area contributed by atoms with E-state index < -0.39 is 32.0 Å². The van der Waals surface area contributed by atoms with Crippen LogP contribution in [0.25, 0.3) is 0 Å². The summed E-state index contributed by atoms with van der Waals surface area (Å²) in [6, 6.07) is -1.07. The van der Waals surface area contributed by atoms with Crippen LogP contribution in [0.3, 0.4) is 0 Å². The number of hydrogen-bond donors (Lipinski definition) is 1. The number of carbonyl (C=O) groups excluding carboxylic acids is 3. The highest BCUT2D eigenvalue weighted by Crippen LogP contribution is 2.36. The van der Waals surface area contributed by atoms with Crippen molar-refractivity contribution in [2.75, 3.05) is 13.7 Å². The van der Waals surface area contributed by atoms with E-state index in [9.17, 15) is 14.4 Å². The first-order valence-corrected chi connectivity index (χ1v) is 11.7. The van der Waals surface area contributed by atoms with E-state index in [4.69, 9.17) is 9.16 Å². The van der Waals surface area contributed by atoms with Gasteiger partial charge in [-0.25, -0.2) is 9.59 Å². The number of methoxy groups -OCH3 is 1. The molecule has 26 heavy (non-hydrogen) atoms. The largest absolute Gasteiger partial charge is 0.467 e. The van der Waals surface area contributed by atoms with Crippen LogP contribution in [0.2, 0.25) is 18.1 Å². The van der Waals surface area contributed by atoms with Crippen LogP contribution in [0.4, 0.5) is 4.79 Å². The number of esters is 1. The summed E-state index contributed by atoms with van der Waals surface area (Å²) in [4.78, 5) is 35.9. The molecule has 0 saturated carbocycles. The summed E-state index contributed by atoms with van der Waals surface area (Å²) >= 11 is 0. The van der Waals surface area contributed by atoms with E-state index in [0.717, 1.165) is 0 Å². The smallest absolute Gasteiger partial charge is 0.408 e. The van der Waals surface area contributed by atoms with E-state index >= 15 is 0 Å². The minimum Gasteiger partial charge on any atom is -0.467 e. The Labute approximate surface area is 158 Å². The van der Waals surface area contributed by atoms with E-state index in [1.807, 2.05) is 0 Å². The van der Waals surface area contributed by atoms with E-state index in [1.54, 1.807) is 20.8 Å². The monoisotopic (exact) mass is 389 g/mol. The second-order valence-electron chi connectivity index (χ2n) is 8.82. The molecule has 0 heterocycles. The number of carbonyl (C=O) groups is 3. The highest BCUT2D eigenvalue weighted by molar-refractivity contribution is 6.74. The van der Waals surface area contributed by atoms with Crippen LogP contribution >= 0.6 is 0 Å². The minimum absolute atomic E-state index is 0.0584. The molecule has 0 fully saturated rings. The Morgan fingerprint density at radius 3 is 2.00 bits per heavy atom. The van der Waals surface area contributed by atoms with Gasteiger partial charge in [-0.1, -0.05) is 20.8 Å². The average Bonchev–Trinajstić information content (AvgIpc) is 2.42. The Bertz CT molecular complexity index is 505. The number of hydrogen-bond acceptors (Lipinski definition) is 6. The second kappa shape index (κ2) is 9.50. The zero-order chi connectivity index (χ0) is 20.8. The van der Waals surface area contributed by atoms with Gasteiger partial charge in [-0.2, -0.15) is 0 Å². The lowest BCUT2D eigenvalue weighted by atomic mass is 10.1. The molecule has 0 aliphatic heterocycles. The number of ether oxygens (including phenoxy) is 2. The van der Waals surface area contributed by atoms with Crippen molar-refractivity contribution in [2.24, 2.45) is 0 Å². The topological polar surface area (TPSA) is 90.9 Å². The molecule has 0 aromatic carbocycles. The highest BCUT2D eigenvalue weighted by Gasteiger charge is 2.37. The molecule has 8 heteroatoms. The number of Topliss-reactive ketones (excluding diaryl/α,β-unsaturated/α-hetero) is 1. The molecule has 1 atom stereocenters. The first-order valence-electron chi connectivity index (χ1n) is 8.82. The van der Waals surface area contributed by atoms with Gasteiger partial charge in [0.2, 0.25) is 0 Å². The predicted octanol–water partition coefficient (Wildman–Crippen LogP) is 3.42. The lowest BCUT2D eigenvalue weighted by Crippen LogP contribution is -2.45. The van der Waals surface area contributed by atoms with Crippen LogP contribution < -0.4 is 5.32 Å². The molecular weight excluding hydrogens is 354 g/mol. The van der Waals surface area contributed by atoms with Gasteiger partial charge in [0, 0.05) is 19.4 Å². The second-order valence-corrected chi connectivity index (χ2v) is 13.6. The fraction of sp³-hybridized carbons (Fsp3) is 0.833. The minimum atomic E-state index is -1.93. The number of ketones is 1. The first kappa shape index (κ1) is 24.6. The SMILES string of the molecule is COC(=O)[C@H](CC(=O)CCO[Si](C)(C)C(C)(C)C)NC(=O)OC(C)(C)C. The summed E-state index contributed by atoms with van der Waals surface area (Å²) in [5.74, 6) is -0.871. The molecule has 7 nitrogen and oxygen atoms in total. The van der Waals surface area contributed by atoms with E-state index in [-0.39, 0.29) is 23.7 Å². The summed E-state index contributed by atoms with van der Waals surface area (Å²) in [6.07, 6.45) is -0.749. The molecule has 1 amide bonds. The third-order valence-electron chi connectivity index (χ3n) is 4.26. The van der Waals surface area contributed by atoms with E-state index in [2.05, 4.69) is 43.9 Å². The van der Waals surface area contributed by atoms with Crippen molar-refractivity contribution >= 4 is 26.2 Å². The molecule has 0 spiro atoms. The van der Waals surface area contributed by atoms with Crippen LogP contribution in [0.15, 0.2) is 0 Å². The van der Waals surface area contributed by atoms with Crippen molar-refractivity contribution in [1.82, 2.24) is 5.32 Å². The van der Waals surface area contributed by atoms with Crippen LogP contribution in [0.1, 0.15) is 54.4 Å². The van der Waals surface area contributed by atoms with Gasteiger partial charge in [-0.15, -0.1) is 0 Å². The number of nitrogens with one attached hydrogen (secondary N) is 1. The number of alkyl carbamates (subject to hydrolysis) is 1. The Hall–Kier alpha value is -1.41. The van der Waals surface area contributed by atoms with Gasteiger partial charge < -0.3 is 19.2 Å². The summed E-state index contributed by atoms with van der Waals surface area (Å²) < 4.78 is 15.8. The lowest BCUT2D eigenvalue weighted by Gasteiger charge is -2.36. The molecule has 0 saturated heterocycles. The molecule has 0 aromatic rings. The van der Waals surface area contributed by atoms with Crippen LogP contribution in [0.5, 0.6) is 0 Å². The Kier molecular flexibility index (Phi) is 8.99. The number of amides is 1. The maximum atomic E-state index is 12.2. The maximum Gasteiger partial charge on any atom is 0.408 e. The first-order chi connectivity index (χ1) is 11.6. The summed E-state index contributed by atoms with van der Waals surface area (Å²) in [5, 5.41) is 2.46. The van der Waals surface area contributed by atoms with E-state index in [0.29, 0.717) is 6.61 Å². The van der Waals surface area contributed by atoms with Crippen LogP contribution in [-0.2, 0) is 23.5 Å². The number of rotatable bonds is 8. The zero-order valence-electron chi connectivity index (χ0n) is 17.6. The third-order valence-corrected chi connectivity index (χ3v) is 8.80. The third kappa shape index (κ3) is 9.33. The molecule has 152 valence electrons. The summed E-state index contributed by atoms with van der Waals surface area (Å²) in [6.45, 7) is 16.0. The van der Waals surface area contributed by atoms with Crippen LogP contribution in [0, 0.1) is 0 Å². The summed E-state index contributed by atoms with van der Waals surface area (Å²) in [7, 11) is -0.721. The molecular formula is C18H35NO6Si. The van der Waals surface area contributed by atoms with Gasteiger partial charge in [0.25, 0.3) is 0 Å². The summed E-state index contributed by atoms with van der Waals surface area (Å²) in [5.41, 5.74) is -0.703. The van der Waals surface area contributed by atoms with Crippen molar-refractivity contribution in [2.45, 2.75) is 84.2 Å². The van der Waals surface area contributed by atoms with E-state index in [1.165, 1.54) is 7.11 Å². The standard InChI is InChI=1S/C18H35NO6Si/c1-17(2,3)25-16(22)19-14(15(21)23-7)12-13(20)10-11-24-26(8,9)18(4,5)6/h14H,10-12H2,1-9H3,(H,19,22)/t14-/m0/s1. The Morgan fingerprint density at radius 2 is 1.58 bits per heavy atom. The molecule has 0 aromatic heterocycles. The predicted molar refractivity (Wildman–Crippen MR) is 103 cm³/mol. The van der Waals surface area contributed by atoms with Gasteiger partial charge in [0.05, 0.1) is 7.11 Å². The van der Waals surface area contributed by atoms with Gasteiger partial charge in [-0.3, -0.25) is 4.79 Å². The normalized spacial score (nSPS) is 13.7. The molecule has 0 aliphatic rings. The van der Waals surface area contributed by atoms with Gasteiger partial charge in [-0.05, 0) is 38.9 Å². The maximum absolute atomic E-state index is 12.2. The lowest BCUT2D eigenvalue weighted by molar-refractivity contribution is -0.144. The van der Waals surface area contributed by atoms with Crippen molar-refractivity contribution in [3.05, 3.63) is 0 Å². The van der Waals surface area contributed by atoms with Crippen molar-refractivity contribution in [3.63, 3.8) is 0 Å². The van der Waals surface area contributed by atoms with Crippen molar-refractivity contribution < 1.29 is 28.3 Å².